The molecule has 3 aromatic rings. The second kappa shape index (κ2) is 11.7. The average Bonchev–Trinajstić information content (AvgIpc) is 2.90. The van der Waals surface area contributed by atoms with Crippen LogP contribution in [-0.4, -0.2) is 49.7 Å². The number of nitro groups is 1. The molecule has 10 nitrogen and oxygen atoms in total. The minimum absolute atomic E-state index is 0.0504. The highest BCUT2D eigenvalue weighted by Crippen LogP contribution is 2.26. The first-order valence-corrected chi connectivity index (χ1v) is 12.9. The topological polar surface area (TPSA) is 130 Å². The van der Waals surface area contributed by atoms with Crippen LogP contribution < -0.4 is 9.62 Å². The molecule has 1 N–H and O–H groups in total. The van der Waals surface area contributed by atoms with E-state index in [-0.39, 0.29) is 22.8 Å². The van der Waals surface area contributed by atoms with Gasteiger partial charge in [0, 0.05) is 25.7 Å². The fourth-order valence-corrected chi connectivity index (χ4v) is 5.11. The summed E-state index contributed by atoms with van der Waals surface area (Å²) in [6.07, 6.45) is 0. The molecule has 11 heteroatoms. The van der Waals surface area contributed by atoms with E-state index < -0.39 is 39.3 Å². The molecule has 0 aromatic heterocycles. The number of carbonyl (C=O) groups excluding carboxylic acids is 2. The number of nitro benzene ring substituents is 1. The third kappa shape index (κ3) is 6.50. The van der Waals surface area contributed by atoms with E-state index in [4.69, 9.17) is 0 Å². The summed E-state index contributed by atoms with van der Waals surface area (Å²) >= 11 is 0. The van der Waals surface area contributed by atoms with Gasteiger partial charge >= 0.3 is 0 Å². The maximum atomic E-state index is 13.6. The third-order valence-corrected chi connectivity index (χ3v) is 7.63. The van der Waals surface area contributed by atoms with Gasteiger partial charge in [-0.05, 0) is 43.7 Å². The van der Waals surface area contributed by atoms with Gasteiger partial charge in [-0.2, -0.15) is 0 Å². The van der Waals surface area contributed by atoms with Crippen LogP contribution in [0.4, 0.5) is 11.4 Å². The predicted octanol–water partition coefficient (Wildman–Crippen LogP) is 3.26. The van der Waals surface area contributed by atoms with Crippen molar-refractivity contribution in [3.63, 3.8) is 0 Å². The normalized spacial score (nSPS) is 11.9. The van der Waals surface area contributed by atoms with Gasteiger partial charge in [0.2, 0.25) is 11.8 Å². The SMILES string of the molecule is CNC(=O)[C@H](C)N(Cc1ccc(C)cc1)C(=O)CN(c1ccc([N+](=O)[O-])cc1)S(=O)(=O)c1ccccc1. The Morgan fingerprint density at radius 3 is 2.11 bits per heavy atom. The number of rotatable bonds is 10. The molecule has 0 aliphatic carbocycles. The molecule has 3 aromatic carbocycles. The molecule has 2 amide bonds. The van der Waals surface area contributed by atoms with E-state index in [1.807, 2.05) is 31.2 Å². The largest absolute Gasteiger partial charge is 0.357 e. The van der Waals surface area contributed by atoms with Crippen molar-refractivity contribution in [2.75, 3.05) is 17.9 Å². The van der Waals surface area contributed by atoms with E-state index in [1.165, 1.54) is 48.3 Å². The Morgan fingerprint density at radius 2 is 1.57 bits per heavy atom. The highest BCUT2D eigenvalue weighted by atomic mass is 32.2. The zero-order valence-corrected chi connectivity index (χ0v) is 21.5. The van der Waals surface area contributed by atoms with Gasteiger partial charge in [-0.3, -0.25) is 24.0 Å². The number of nitrogens with one attached hydrogen (secondary N) is 1. The summed E-state index contributed by atoms with van der Waals surface area (Å²) in [7, 11) is -2.78. The Bertz CT molecular complexity index is 1360. The van der Waals surface area contributed by atoms with Gasteiger partial charge in [0.1, 0.15) is 12.6 Å². The molecule has 0 radical (unpaired) electrons. The molecule has 0 aliphatic heterocycles. The standard InChI is InChI=1S/C26H28N4O6S/c1-19-9-11-21(12-10-19)17-28(20(2)26(32)27-3)25(31)18-29(22-13-15-23(16-14-22)30(33)34)37(35,36)24-7-5-4-6-8-24/h4-16,20H,17-18H2,1-3H3,(H,27,32)/t20-/m0/s1. The van der Waals surface area contributed by atoms with E-state index in [0.717, 1.165) is 15.4 Å². The first-order valence-electron chi connectivity index (χ1n) is 11.4. The van der Waals surface area contributed by atoms with Gasteiger partial charge < -0.3 is 10.2 Å². The zero-order chi connectivity index (χ0) is 27.2. The number of anilines is 1. The lowest BCUT2D eigenvalue weighted by Gasteiger charge is -2.31. The van der Waals surface area contributed by atoms with Crippen LogP contribution in [-0.2, 0) is 26.2 Å². The van der Waals surface area contributed by atoms with Crippen molar-refractivity contribution in [2.45, 2.75) is 31.3 Å². The number of likely N-dealkylation sites (N-methyl/N-ethyl adjacent to an activating group) is 1. The second-order valence-electron chi connectivity index (χ2n) is 8.40. The Labute approximate surface area is 215 Å². The molecule has 37 heavy (non-hydrogen) atoms. The van der Waals surface area contributed by atoms with Crippen LogP contribution in [0.5, 0.6) is 0 Å². The van der Waals surface area contributed by atoms with Gasteiger partial charge in [-0.15, -0.1) is 0 Å². The fourth-order valence-electron chi connectivity index (χ4n) is 3.67. The smallest absolute Gasteiger partial charge is 0.269 e. The number of sulfonamides is 1. The van der Waals surface area contributed by atoms with Crippen LogP contribution in [0.3, 0.4) is 0 Å². The monoisotopic (exact) mass is 524 g/mol. The number of amides is 2. The number of aryl methyl sites for hydroxylation is 1. The molecule has 0 fully saturated rings. The summed E-state index contributed by atoms with van der Waals surface area (Å²) < 4.78 is 28.1. The first-order chi connectivity index (χ1) is 17.5. The van der Waals surface area contributed by atoms with E-state index in [9.17, 15) is 28.1 Å². The zero-order valence-electron chi connectivity index (χ0n) is 20.7. The maximum absolute atomic E-state index is 13.6. The lowest BCUT2D eigenvalue weighted by Crippen LogP contribution is -2.50. The highest BCUT2D eigenvalue weighted by molar-refractivity contribution is 7.92. The van der Waals surface area contributed by atoms with Gasteiger partial charge in [0.05, 0.1) is 15.5 Å². The molecule has 0 saturated carbocycles. The summed E-state index contributed by atoms with van der Waals surface area (Å²) in [5.74, 6) is -1.03. The summed E-state index contributed by atoms with van der Waals surface area (Å²) in [5.41, 5.74) is 1.65. The summed E-state index contributed by atoms with van der Waals surface area (Å²) in [6.45, 7) is 2.94. The quantitative estimate of drug-likeness (QED) is 0.320. The fraction of sp³-hybridized carbons (Fsp3) is 0.231. The number of hydrogen-bond acceptors (Lipinski definition) is 6. The van der Waals surface area contributed by atoms with E-state index in [0.29, 0.717) is 0 Å². The van der Waals surface area contributed by atoms with Crippen molar-refractivity contribution in [3.8, 4) is 0 Å². The molecular weight excluding hydrogens is 496 g/mol. The molecule has 1 atom stereocenters. The van der Waals surface area contributed by atoms with E-state index >= 15 is 0 Å². The van der Waals surface area contributed by atoms with Gasteiger partial charge in [-0.1, -0.05) is 48.0 Å². The van der Waals surface area contributed by atoms with E-state index in [1.54, 1.807) is 25.1 Å². The summed E-state index contributed by atoms with van der Waals surface area (Å²) in [6, 6.07) is 19.0. The van der Waals surface area contributed by atoms with Crippen molar-refractivity contribution < 1.29 is 22.9 Å². The average molecular weight is 525 g/mol. The lowest BCUT2D eigenvalue weighted by atomic mass is 10.1. The van der Waals surface area contributed by atoms with Gasteiger partial charge in [0.25, 0.3) is 15.7 Å². The number of hydrogen-bond donors (Lipinski definition) is 1. The maximum Gasteiger partial charge on any atom is 0.269 e. The van der Waals surface area contributed by atoms with Crippen LogP contribution in [0.2, 0.25) is 0 Å². The van der Waals surface area contributed by atoms with Gasteiger partial charge in [0.15, 0.2) is 0 Å². The Balaban J connectivity index is 2.03. The number of nitrogens with zero attached hydrogens (tertiary/aromatic N) is 3. The van der Waals surface area contributed by atoms with Gasteiger partial charge in [-0.25, -0.2) is 8.42 Å². The highest BCUT2D eigenvalue weighted by Gasteiger charge is 2.32. The molecule has 0 spiro atoms. The Kier molecular flexibility index (Phi) is 8.61. The molecule has 0 heterocycles. The molecule has 0 unspecified atom stereocenters. The Hall–Kier alpha value is -4.25. The van der Waals surface area contributed by atoms with Crippen molar-refractivity contribution >= 4 is 33.2 Å². The predicted molar refractivity (Wildman–Crippen MR) is 139 cm³/mol. The van der Waals surface area contributed by atoms with Crippen molar-refractivity contribution in [3.05, 3.63) is 100 Å². The summed E-state index contributed by atoms with van der Waals surface area (Å²) in [4.78, 5) is 37.9. The number of benzene rings is 3. The minimum Gasteiger partial charge on any atom is -0.357 e. The van der Waals surface area contributed by atoms with Crippen molar-refractivity contribution in [1.29, 1.82) is 0 Å². The third-order valence-electron chi connectivity index (χ3n) is 5.85. The number of non-ortho nitro benzene ring substituents is 1. The van der Waals surface area contributed by atoms with Crippen LogP contribution in [0.1, 0.15) is 18.1 Å². The molecule has 0 aliphatic rings. The molecular formula is C26H28N4O6S. The summed E-state index contributed by atoms with van der Waals surface area (Å²) in [5, 5.41) is 13.6. The second-order valence-corrected chi connectivity index (χ2v) is 10.3. The van der Waals surface area contributed by atoms with Crippen molar-refractivity contribution in [1.82, 2.24) is 10.2 Å². The number of carbonyl (C=O) groups is 2. The van der Waals surface area contributed by atoms with Crippen LogP contribution >= 0.6 is 0 Å². The van der Waals surface area contributed by atoms with E-state index in [2.05, 4.69) is 5.32 Å². The lowest BCUT2D eigenvalue weighted by molar-refractivity contribution is -0.384. The van der Waals surface area contributed by atoms with Crippen LogP contribution in [0, 0.1) is 17.0 Å². The van der Waals surface area contributed by atoms with Crippen LogP contribution in [0.15, 0.2) is 83.8 Å². The molecule has 0 bridgehead atoms. The molecule has 3 rings (SSSR count). The van der Waals surface area contributed by atoms with Crippen LogP contribution in [0.25, 0.3) is 0 Å². The molecule has 194 valence electrons. The first kappa shape index (κ1) is 27.3. The Morgan fingerprint density at radius 1 is 0.973 bits per heavy atom. The molecule has 0 saturated heterocycles. The van der Waals surface area contributed by atoms with Crippen molar-refractivity contribution in [2.24, 2.45) is 0 Å². The minimum atomic E-state index is -4.23.